The molecule has 68 heavy (non-hydrogen) atoms. The van der Waals surface area contributed by atoms with Crippen LogP contribution in [0, 0.1) is 5.92 Å². The quantitative estimate of drug-likeness (QED) is 0.0266. The van der Waals surface area contributed by atoms with Gasteiger partial charge in [0, 0.05) is 31.0 Å². The van der Waals surface area contributed by atoms with Crippen LogP contribution in [0.3, 0.4) is 0 Å². The number of halogens is 1. The average molecular weight is 945 g/mol. The minimum absolute atomic E-state index is 0.0333. The predicted octanol–water partition coefficient (Wildman–Crippen LogP) is 10.7. The number of carboxylic acid groups (broad SMARTS) is 1. The number of aromatic carboxylic acids is 1. The van der Waals surface area contributed by atoms with Crippen LogP contribution in [0.4, 0.5) is 0 Å². The Balaban J connectivity index is 1.09. The molecule has 15 heteroatoms. The Kier molecular flexibility index (Phi) is 19.0. The summed E-state index contributed by atoms with van der Waals surface area (Å²) in [6.45, 7) is 8.37. The molecule has 0 saturated carbocycles. The zero-order valence-corrected chi connectivity index (χ0v) is 40.2. The van der Waals surface area contributed by atoms with Crippen LogP contribution in [-0.4, -0.2) is 71.7 Å². The molecule has 1 amide bonds. The number of H-pyrrole nitrogens is 1. The van der Waals surface area contributed by atoms with Crippen molar-refractivity contribution in [1.82, 2.24) is 35.5 Å². The first kappa shape index (κ1) is 50.7. The van der Waals surface area contributed by atoms with E-state index in [1.807, 2.05) is 24.3 Å². The van der Waals surface area contributed by atoms with Gasteiger partial charge in [-0.1, -0.05) is 137 Å². The monoisotopic (exact) mass is 943 g/mol. The van der Waals surface area contributed by atoms with E-state index in [1.54, 1.807) is 36.6 Å². The highest BCUT2D eigenvalue weighted by atomic mass is 35.5. The van der Waals surface area contributed by atoms with Gasteiger partial charge in [0.05, 0.1) is 18.9 Å². The van der Waals surface area contributed by atoms with Crippen molar-refractivity contribution < 1.29 is 33.8 Å². The van der Waals surface area contributed by atoms with Crippen LogP contribution in [0.5, 0.6) is 5.75 Å². The molecule has 4 aromatic carbocycles. The number of hydrogen-bond acceptors (Lipinski definition) is 10. The van der Waals surface area contributed by atoms with Crippen LogP contribution >= 0.6 is 11.6 Å². The van der Waals surface area contributed by atoms with Gasteiger partial charge in [0.2, 0.25) is 5.91 Å². The van der Waals surface area contributed by atoms with Crippen molar-refractivity contribution in [2.45, 2.75) is 124 Å². The number of aromatic amines is 1. The topological polar surface area (TPSA) is 191 Å². The van der Waals surface area contributed by atoms with Gasteiger partial charge in [-0.25, -0.2) is 14.9 Å². The first-order valence-electron chi connectivity index (χ1n) is 23.8. The lowest BCUT2D eigenvalue weighted by atomic mass is 9.94. The fraction of sp³-hybridized carbons (Fsp3) is 0.396. The van der Waals surface area contributed by atoms with E-state index < -0.39 is 23.9 Å². The van der Waals surface area contributed by atoms with Crippen LogP contribution < -0.4 is 10.1 Å². The lowest BCUT2D eigenvalue weighted by molar-refractivity contribution is -0.148. The minimum atomic E-state index is -1.14. The SMILES string of the molecule is CCCCCCCc1cccc(-c2ccc(C[C@@H](C[C@H](C)C(=O)OCC)NC(=O)CCC(=O)Oc3ccc(-c4ccc(Cn5c(CCCC)nc(Cl)c5C(=O)O)cc4)c(-c4nnn[nH]4)c3)cc2)c1. The van der Waals surface area contributed by atoms with Crippen LogP contribution in [0.1, 0.15) is 125 Å². The van der Waals surface area contributed by atoms with E-state index in [2.05, 4.69) is 93.3 Å². The van der Waals surface area contributed by atoms with Crippen LogP contribution in [0.15, 0.2) is 91.0 Å². The number of nitrogens with one attached hydrogen (secondary N) is 2. The number of imidazole rings is 1. The number of nitrogens with zero attached hydrogens (tertiary/aromatic N) is 5. The molecule has 14 nitrogen and oxygen atoms in total. The molecule has 0 aliphatic rings. The summed E-state index contributed by atoms with van der Waals surface area (Å²) in [5.41, 5.74) is 7.51. The molecule has 3 N–H and O–H groups in total. The van der Waals surface area contributed by atoms with Gasteiger partial charge in [0.25, 0.3) is 0 Å². The molecule has 0 unspecified atom stereocenters. The minimum Gasteiger partial charge on any atom is -0.476 e. The molecule has 358 valence electrons. The van der Waals surface area contributed by atoms with E-state index >= 15 is 0 Å². The Bertz CT molecular complexity index is 2590. The number of carboxylic acids is 1. The fourth-order valence-corrected chi connectivity index (χ4v) is 8.58. The molecule has 0 saturated heterocycles. The van der Waals surface area contributed by atoms with Gasteiger partial charge < -0.3 is 24.5 Å². The van der Waals surface area contributed by atoms with Crippen molar-refractivity contribution in [1.29, 1.82) is 0 Å². The van der Waals surface area contributed by atoms with Gasteiger partial charge >= 0.3 is 17.9 Å². The predicted molar refractivity (Wildman–Crippen MR) is 262 cm³/mol. The number of esters is 2. The summed E-state index contributed by atoms with van der Waals surface area (Å²) in [5, 5.41) is 27.3. The molecule has 0 aliphatic carbocycles. The normalized spacial score (nSPS) is 12.1. The molecule has 0 radical (unpaired) electrons. The summed E-state index contributed by atoms with van der Waals surface area (Å²) in [7, 11) is 0. The molecular formula is C53H62ClN7O7. The summed E-state index contributed by atoms with van der Waals surface area (Å²) in [6, 6.07) is 29.3. The van der Waals surface area contributed by atoms with Crippen molar-refractivity contribution in [3.05, 3.63) is 124 Å². The Morgan fingerprint density at radius 2 is 1.51 bits per heavy atom. The highest BCUT2D eigenvalue weighted by molar-refractivity contribution is 6.32. The van der Waals surface area contributed by atoms with Crippen molar-refractivity contribution in [2.24, 2.45) is 5.92 Å². The third-order valence-electron chi connectivity index (χ3n) is 11.9. The maximum Gasteiger partial charge on any atom is 0.355 e. The second kappa shape index (κ2) is 25.5. The van der Waals surface area contributed by atoms with Crippen molar-refractivity contribution >= 4 is 35.4 Å². The molecule has 6 aromatic rings. The van der Waals surface area contributed by atoms with E-state index in [9.17, 15) is 24.3 Å². The summed E-state index contributed by atoms with van der Waals surface area (Å²) < 4.78 is 12.7. The fourth-order valence-electron chi connectivity index (χ4n) is 8.30. The molecule has 2 atom stereocenters. The van der Waals surface area contributed by atoms with Crippen molar-refractivity contribution in [2.75, 3.05) is 6.61 Å². The molecule has 0 bridgehead atoms. The zero-order valence-electron chi connectivity index (χ0n) is 39.4. The number of aromatic nitrogens is 6. The van der Waals surface area contributed by atoms with Gasteiger partial charge in [0.1, 0.15) is 11.6 Å². The Hall–Kier alpha value is -6.67. The van der Waals surface area contributed by atoms with E-state index in [4.69, 9.17) is 21.1 Å². The zero-order chi connectivity index (χ0) is 48.4. The summed E-state index contributed by atoms with van der Waals surface area (Å²) in [5.74, 6) is -1.68. The van der Waals surface area contributed by atoms with E-state index in [0.29, 0.717) is 36.5 Å². The Morgan fingerprint density at radius 1 is 0.779 bits per heavy atom. The number of benzene rings is 4. The lowest BCUT2D eigenvalue weighted by Crippen LogP contribution is -2.39. The first-order valence-corrected chi connectivity index (χ1v) is 24.1. The number of unbranched alkanes of at least 4 members (excludes halogenated alkanes) is 5. The summed E-state index contributed by atoms with van der Waals surface area (Å²) >= 11 is 6.25. The lowest BCUT2D eigenvalue weighted by Gasteiger charge is -2.22. The second-order valence-corrected chi connectivity index (χ2v) is 17.6. The standard InChI is InChI=1S/C53H62ClN7O7/c1-5-8-10-11-12-14-36-15-13-16-41(31-36)39-22-18-37(19-23-39)32-42(30-35(4)53(66)67-7-3)55-47(62)28-29-48(63)68-43-26-27-44(45(33-43)51-57-59-60-58-51)40-24-20-38(21-25-40)34-61-46(17-9-6-2)56-50(54)49(61)52(64)65/h13,15-16,18-27,31,33,35,42H,5-12,14,17,28-30,32,34H2,1-4H3,(H,55,62)(H,64,65)(H,57,58,59,60)/t35-,42+/m0/s1. The highest BCUT2D eigenvalue weighted by Gasteiger charge is 2.24. The van der Waals surface area contributed by atoms with Crippen molar-refractivity contribution in [3.63, 3.8) is 0 Å². The van der Waals surface area contributed by atoms with Crippen LogP contribution in [-0.2, 0) is 44.9 Å². The average Bonchev–Trinajstić information content (AvgIpc) is 3.99. The van der Waals surface area contributed by atoms with Gasteiger partial charge in [-0.15, -0.1) is 5.10 Å². The Morgan fingerprint density at radius 3 is 2.22 bits per heavy atom. The first-order chi connectivity index (χ1) is 33.0. The van der Waals surface area contributed by atoms with Crippen LogP contribution in [0.2, 0.25) is 5.15 Å². The van der Waals surface area contributed by atoms with Gasteiger partial charge in [-0.3, -0.25) is 14.4 Å². The number of amides is 1. The molecule has 0 fully saturated rings. The van der Waals surface area contributed by atoms with Crippen LogP contribution in [0.25, 0.3) is 33.6 Å². The number of rotatable bonds is 26. The number of aryl methyl sites for hydroxylation is 2. The maximum absolute atomic E-state index is 13.4. The number of carbonyl (C=O) groups excluding carboxylic acids is 3. The molecule has 0 spiro atoms. The highest BCUT2D eigenvalue weighted by Crippen LogP contribution is 2.34. The third kappa shape index (κ3) is 14.4. The van der Waals surface area contributed by atoms with Gasteiger partial charge in [-0.05, 0) is 107 Å². The molecule has 2 heterocycles. The smallest absolute Gasteiger partial charge is 0.355 e. The number of hydrogen-bond donors (Lipinski definition) is 3. The second-order valence-electron chi connectivity index (χ2n) is 17.2. The Labute approximate surface area is 403 Å². The molecule has 0 aliphatic heterocycles. The van der Waals surface area contributed by atoms with E-state index in [0.717, 1.165) is 52.6 Å². The third-order valence-corrected chi connectivity index (χ3v) is 12.2. The molecule has 2 aromatic heterocycles. The van der Waals surface area contributed by atoms with Gasteiger partial charge in [0.15, 0.2) is 16.7 Å². The largest absolute Gasteiger partial charge is 0.476 e. The molecule has 6 rings (SSSR count). The van der Waals surface area contributed by atoms with Gasteiger partial charge in [-0.2, -0.15) is 0 Å². The van der Waals surface area contributed by atoms with Crippen molar-refractivity contribution in [3.8, 4) is 39.4 Å². The summed E-state index contributed by atoms with van der Waals surface area (Å²) in [4.78, 5) is 55.7. The number of tetrazole rings is 1. The maximum atomic E-state index is 13.4. The summed E-state index contributed by atoms with van der Waals surface area (Å²) in [6.07, 6.45) is 10.2. The van der Waals surface area contributed by atoms with E-state index in [1.165, 1.54) is 37.7 Å². The number of ether oxygens (including phenoxy) is 2. The number of carbonyl (C=O) groups is 4. The molecular weight excluding hydrogens is 882 g/mol. The van der Waals surface area contributed by atoms with E-state index in [-0.39, 0.29) is 54.5 Å².